The maximum absolute atomic E-state index is 15.1. The number of ether oxygens (including phenoxy) is 1. The predicted octanol–water partition coefficient (Wildman–Crippen LogP) is 4.16. The number of rotatable bonds is 6. The molecule has 0 saturated carbocycles. The van der Waals surface area contributed by atoms with E-state index in [1.165, 1.54) is 12.4 Å². The Morgan fingerprint density at radius 3 is 2.42 bits per heavy atom. The van der Waals surface area contributed by atoms with Gasteiger partial charge in [-0.25, -0.2) is 17.6 Å². The molecule has 1 amide bonds. The van der Waals surface area contributed by atoms with Gasteiger partial charge in [0.2, 0.25) is 0 Å². The Hall–Kier alpha value is -3.46. The second-order valence-corrected chi connectivity index (χ2v) is 7.04. The third-order valence-electron chi connectivity index (χ3n) is 4.92. The second-order valence-electron chi connectivity index (χ2n) is 7.04. The molecule has 0 bridgehead atoms. The van der Waals surface area contributed by atoms with Gasteiger partial charge < -0.3 is 15.4 Å². The van der Waals surface area contributed by atoms with Crippen molar-refractivity contribution in [1.29, 1.82) is 0 Å². The molecule has 0 unspecified atom stereocenters. The topological polar surface area (TPSA) is 63.2 Å². The number of amides is 1. The van der Waals surface area contributed by atoms with E-state index in [1.54, 1.807) is 6.07 Å². The van der Waals surface area contributed by atoms with E-state index in [2.05, 4.69) is 15.6 Å². The van der Waals surface area contributed by atoms with Crippen molar-refractivity contribution in [3.05, 3.63) is 77.6 Å². The number of hydrogen-bond acceptors (Lipinski definition) is 4. The first kappa shape index (κ1) is 20.8. The highest BCUT2D eigenvalue weighted by molar-refractivity contribution is 6.05. The largest absolute Gasteiger partial charge is 0.491 e. The van der Waals surface area contributed by atoms with Gasteiger partial charge in [0.15, 0.2) is 0 Å². The van der Waals surface area contributed by atoms with Gasteiger partial charge in [-0.15, -0.1) is 0 Å². The SMILES string of the molecule is O=C(Nc1cnccc1OCC1CNC1)c1ccc(F)c(-c2c(F)cccc2F)c1F. The number of anilines is 1. The van der Waals surface area contributed by atoms with Gasteiger partial charge in [0, 0.05) is 31.3 Å². The van der Waals surface area contributed by atoms with Gasteiger partial charge in [-0.05, 0) is 24.3 Å². The van der Waals surface area contributed by atoms with Gasteiger partial charge in [-0.1, -0.05) is 6.07 Å². The summed E-state index contributed by atoms with van der Waals surface area (Å²) in [5.41, 5.74) is -2.24. The van der Waals surface area contributed by atoms with Crippen molar-refractivity contribution in [2.75, 3.05) is 25.0 Å². The quantitative estimate of drug-likeness (QED) is 0.576. The molecule has 3 aromatic rings. The summed E-state index contributed by atoms with van der Waals surface area (Å²) in [6, 6.07) is 6.05. The lowest BCUT2D eigenvalue weighted by Crippen LogP contribution is -2.45. The molecule has 0 spiro atoms. The minimum absolute atomic E-state index is 0.183. The number of pyridine rings is 1. The molecular weight excluding hydrogens is 414 g/mol. The highest BCUT2D eigenvalue weighted by Crippen LogP contribution is 2.33. The fraction of sp³-hybridized carbons (Fsp3) is 0.182. The molecule has 0 atom stereocenters. The van der Waals surface area contributed by atoms with Crippen LogP contribution in [0.2, 0.25) is 0 Å². The van der Waals surface area contributed by atoms with E-state index in [9.17, 15) is 18.0 Å². The van der Waals surface area contributed by atoms with Gasteiger partial charge in [-0.3, -0.25) is 9.78 Å². The second kappa shape index (κ2) is 8.73. The minimum atomic E-state index is -1.38. The zero-order valence-corrected chi connectivity index (χ0v) is 16.1. The average Bonchev–Trinajstić information content (AvgIpc) is 2.70. The number of benzene rings is 2. The van der Waals surface area contributed by atoms with E-state index in [-0.39, 0.29) is 5.69 Å². The minimum Gasteiger partial charge on any atom is -0.491 e. The summed E-state index contributed by atoms with van der Waals surface area (Å²) < 4.78 is 63.3. The predicted molar refractivity (Wildman–Crippen MR) is 106 cm³/mol. The highest BCUT2D eigenvalue weighted by atomic mass is 19.1. The number of nitrogens with one attached hydrogen (secondary N) is 2. The Kier molecular flexibility index (Phi) is 5.85. The molecule has 1 aliphatic heterocycles. The molecule has 2 N–H and O–H groups in total. The fourth-order valence-electron chi connectivity index (χ4n) is 3.16. The first-order valence-electron chi connectivity index (χ1n) is 9.47. The van der Waals surface area contributed by atoms with Crippen molar-refractivity contribution in [3.63, 3.8) is 0 Å². The molecule has 1 fully saturated rings. The van der Waals surface area contributed by atoms with Gasteiger partial charge in [0.05, 0.1) is 29.5 Å². The van der Waals surface area contributed by atoms with Crippen LogP contribution in [-0.4, -0.2) is 30.6 Å². The van der Waals surface area contributed by atoms with Crippen LogP contribution in [0.25, 0.3) is 11.1 Å². The van der Waals surface area contributed by atoms with Crippen molar-refractivity contribution >= 4 is 11.6 Å². The molecule has 0 aliphatic carbocycles. The van der Waals surface area contributed by atoms with Crippen LogP contribution in [-0.2, 0) is 0 Å². The van der Waals surface area contributed by atoms with Crippen molar-refractivity contribution in [2.24, 2.45) is 5.92 Å². The number of halogens is 4. The van der Waals surface area contributed by atoms with E-state index >= 15 is 4.39 Å². The van der Waals surface area contributed by atoms with Crippen LogP contribution in [0, 0.1) is 29.2 Å². The lowest BCUT2D eigenvalue weighted by Gasteiger charge is -2.27. The lowest BCUT2D eigenvalue weighted by atomic mass is 9.99. The van der Waals surface area contributed by atoms with Crippen LogP contribution in [0.5, 0.6) is 5.75 Å². The van der Waals surface area contributed by atoms with Crippen molar-refractivity contribution < 1.29 is 27.1 Å². The number of hydrogen-bond donors (Lipinski definition) is 2. The summed E-state index contributed by atoms with van der Waals surface area (Å²) in [6.45, 7) is 2.06. The molecule has 1 aliphatic rings. The van der Waals surface area contributed by atoms with Crippen LogP contribution in [0.1, 0.15) is 10.4 Å². The van der Waals surface area contributed by atoms with E-state index < -0.39 is 45.9 Å². The van der Waals surface area contributed by atoms with Crippen LogP contribution in [0.3, 0.4) is 0 Å². The normalized spacial score (nSPS) is 13.5. The molecule has 160 valence electrons. The first-order valence-corrected chi connectivity index (χ1v) is 9.47. The van der Waals surface area contributed by atoms with Crippen LogP contribution >= 0.6 is 0 Å². The van der Waals surface area contributed by atoms with Gasteiger partial charge in [0.25, 0.3) is 5.91 Å². The Morgan fingerprint density at radius 1 is 1.03 bits per heavy atom. The van der Waals surface area contributed by atoms with Crippen LogP contribution in [0.15, 0.2) is 48.8 Å². The summed E-state index contributed by atoms with van der Waals surface area (Å²) in [4.78, 5) is 16.6. The van der Waals surface area contributed by atoms with E-state index in [4.69, 9.17) is 4.74 Å². The summed E-state index contributed by atoms with van der Waals surface area (Å²) in [7, 11) is 0. The Morgan fingerprint density at radius 2 is 1.74 bits per heavy atom. The van der Waals surface area contributed by atoms with Crippen molar-refractivity contribution in [3.8, 4) is 16.9 Å². The Balaban J connectivity index is 1.63. The molecule has 4 rings (SSSR count). The zero-order valence-electron chi connectivity index (χ0n) is 16.1. The summed E-state index contributed by atoms with van der Waals surface area (Å²) in [5.74, 6) is -5.15. The first-order chi connectivity index (χ1) is 15.0. The summed E-state index contributed by atoms with van der Waals surface area (Å²) in [5, 5.41) is 5.58. The molecule has 2 heterocycles. The van der Waals surface area contributed by atoms with Gasteiger partial charge in [-0.2, -0.15) is 0 Å². The molecule has 5 nitrogen and oxygen atoms in total. The summed E-state index contributed by atoms with van der Waals surface area (Å²) >= 11 is 0. The maximum atomic E-state index is 15.1. The molecule has 1 saturated heterocycles. The molecular formula is C22H17F4N3O2. The fourth-order valence-corrected chi connectivity index (χ4v) is 3.16. The molecule has 9 heteroatoms. The van der Waals surface area contributed by atoms with Crippen LogP contribution in [0.4, 0.5) is 23.2 Å². The van der Waals surface area contributed by atoms with Gasteiger partial charge >= 0.3 is 0 Å². The van der Waals surface area contributed by atoms with Crippen molar-refractivity contribution in [1.82, 2.24) is 10.3 Å². The highest BCUT2D eigenvalue weighted by Gasteiger charge is 2.25. The Labute approximate surface area is 175 Å². The monoisotopic (exact) mass is 431 g/mol. The lowest BCUT2D eigenvalue weighted by molar-refractivity contribution is 0.102. The van der Waals surface area contributed by atoms with E-state index in [0.717, 1.165) is 43.4 Å². The number of carbonyl (C=O) groups is 1. The average molecular weight is 431 g/mol. The van der Waals surface area contributed by atoms with Gasteiger partial charge in [0.1, 0.15) is 34.7 Å². The Bertz CT molecular complexity index is 1120. The smallest absolute Gasteiger partial charge is 0.258 e. The number of aromatic nitrogens is 1. The van der Waals surface area contributed by atoms with E-state index in [1.807, 2.05) is 0 Å². The standard InChI is InChI=1S/C22H17F4N3O2/c23-14-2-1-3-15(24)19(14)20-16(25)5-4-13(21(20)26)22(30)29-17-10-27-7-6-18(17)31-11-12-8-28-9-12/h1-7,10,12,28H,8-9,11H2,(H,29,30). The number of nitrogens with zero attached hydrogens (tertiary/aromatic N) is 1. The zero-order chi connectivity index (χ0) is 22.0. The number of carbonyl (C=O) groups excluding carboxylic acids is 1. The molecule has 1 aromatic heterocycles. The molecule has 2 aromatic carbocycles. The van der Waals surface area contributed by atoms with Crippen molar-refractivity contribution in [2.45, 2.75) is 0 Å². The van der Waals surface area contributed by atoms with E-state index in [0.29, 0.717) is 18.3 Å². The molecule has 31 heavy (non-hydrogen) atoms. The third-order valence-corrected chi connectivity index (χ3v) is 4.92. The summed E-state index contributed by atoms with van der Waals surface area (Å²) in [6.07, 6.45) is 2.80. The third kappa shape index (κ3) is 4.22. The maximum Gasteiger partial charge on any atom is 0.258 e. The van der Waals surface area contributed by atoms with Crippen LogP contribution < -0.4 is 15.4 Å². The molecule has 0 radical (unpaired) electrons.